The zero-order valence-electron chi connectivity index (χ0n) is 12.6. The van der Waals surface area contributed by atoms with Crippen LogP contribution in [0.25, 0.3) is 11.1 Å². The van der Waals surface area contributed by atoms with E-state index in [-0.39, 0.29) is 11.7 Å². The third-order valence-electron chi connectivity index (χ3n) is 3.65. The molecule has 0 aliphatic carbocycles. The Kier molecular flexibility index (Phi) is 4.11. The molecule has 2 heterocycles. The summed E-state index contributed by atoms with van der Waals surface area (Å²) < 4.78 is 17.9. The molecule has 2 aromatic rings. The molecular weight excluding hydrogens is 284 g/mol. The average Bonchev–Trinajstić information content (AvgIpc) is 3.03. The van der Waals surface area contributed by atoms with Gasteiger partial charge in [0.05, 0.1) is 26.5 Å². The maximum Gasteiger partial charge on any atom is 0.267 e. The van der Waals surface area contributed by atoms with Gasteiger partial charge in [0.2, 0.25) is 0 Å². The van der Waals surface area contributed by atoms with Crippen LogP contribution >= 0.6 is 0 Å². The van der Waals surface area contributed by atoms with Crippen molar-refractivity contribution in [2.75, 3.05) is 20.3 Å². The van der Waals surface area contributed by atoms with Crippen LogP contribution in [0.4, 0.5) is 0 Å². The summed E-state index contributed by atoms with van der Waals surface area (Å²) in [6, 6.07) is 7.14. The summed E-state index contributed by atoms with van der Waals surface area (Å²) in [5, 5.41) is 4.04. The van der Waals surface area contributed by atoms with Crippen LogP contribution in [-0.2, 0) is 11.8 Å². The average molecular weight is 302 g/mol. The van der Waals surface area contributed by atoms with Crippen LogP contribution in [-0.4, -0.2) is 36.2 Å². The first-order valence-electron chi connectivity index (χ1n) is 7.13. The molecule has 0 radical (unpaired) electrons. The van der Waals surface area contributed by atoms with Crippen LogP contribution in [0.15, 0.2) is 35.3 Å². The first kappa shape index (κ1) is 14.6. The molecule has 1 aromatic heterocycles. The number of benzene rings is 1. The second-order valence-corrected chi connectivity index (χ2v) is 5.18. The second-order valence-electron chi connectivity index (χ2n) is 5.18. The molecule has 116 valence electrons. The highest BCUT2D eigenvalue weighted by Crippen LogP contribution is 2.33. The van der Waals surface area contributed by atoms with Gasteiger partial charge < -0.3 is 14.2 Å². The van der Waals surface area contributed by atoms with Gasteiger partial charge in [-0.05, 0) is 17.7 Å². The Balaban J connectivity index is 1.94. The summed E-state index contributed by atoms with van der Waals surface area (Å²) >= 11 is 0. The van der Waals surface area contributed by atoms with Crippen LogP contribution in [0.1, 0.15) is 6.42 Å². The highest BCUT2D eigenvalue weighted by atomic mass is 16.6. The highest BCUT2D eigenvalue weighted by molar-refractivity contribution is 5.66. The summed E-state index contributed by atoms with van der Waals surface area (Å²) in [4.78, 5) is 11.7. The van der Waals surface area contributed by atoms with Crippen LogP contribution in [0, 0.1) is 0 Å². The van der Waals surface area contributed by atoms with Crippen molar-refractivity contribution in [3.8, 4) is 22.6 Å². The SMILES string of the molecule is COc1ccc(-c2cnn(C)c(=O)c2)cc1O[C@@H]1CCOC1. The predicted molar refractivity (Wildman–Crippen MR) is 81.3 cm³/mol. The van der Waals surface area contributed by atoms with Gasteiger partial charge >= 0.3 is 0 Å². The highest BCUT2D eigenvalue weighted by Gasteiger charge is 2.19. The number of hydrogen-bond acceptors (Lipinski definition) is 5. The number of nitrogens with zero attached hydrogens (tertiary/aromatic N) is 2. The van der Waals surface area contributed by atoms with E-state index in [1.165, 1.54) is 4.68 Å². The fourth-order valence-corrected chi connectivity index (χ4v) is 2.36. The van der Waals surface area contributed by atoms with Crippen molar-refractivity contribution in [1.29, 1.82) is 0 Å². The van der Waals surface area contributed by atoms with Gasteiger partial charge in [0, 0.05) is 25.1 Å². The molecule has 6 nitrogen and oxygen atoms in total. The molecule has 0 bridgehead atoms. The minimum Gasteiger partial charge on any atom is -0.493 e. The van der Waals surface area contributed by atoms with Crippen LogP contribution in [0.5, 0.6) is 11.5 Å². The Hall–Kier alpha value is -2.34. The quantitative estimate of drug-likeness (QED) is 0.859. The lowest BCUT2D eigenvalue weighted by Crippen LogP contribution is -2.18. The molecule has 1 fully saturated rings. The third kappa shape index (κ3) is 2.96. The Morgan fingerprint density at radius 2 is 2.14 bits per heavy atom. The fourth-order valence-electron chi connectivity index (χ4n) is 2.36. The van der Waals surface area contributed by atoms with Gasteiger partial charge in [-0.2, -0.15) is 5.10 Å². The van der Waals surface area contributed by atoms with E-state index in [1.54, 1.807) is 26.4 Å². The number of rotatable bonds is 4. The van der Waals surface area contributed by atoms with Gasteiger partial charge in [0.25, 0.3) is 5.56 Å². The van der Waals surface area contributed by atoms with Crippen molar-refractivity contribution < 1.29 is 14.2 Å². The topological polar surface area (TPSA) is 62.6 Å². The lowest BCUT2D eigenvalue weighted by atomic mass is 10.1. The van der Waals surface area contributed by atoms with E-state index in [0.29, 0.717) is 24.7 Å². The molecule has 1 atom stereocenters. The molecule has 1 aliphatic rings. The number of aryl methyl sites for hydroxylation is 1. The number of methoxy groups -OCH3 is 1. The Bertz CT molecular complexity index is 720. The fraction of sp³-hybridized carbons (Fsp3) is 0.375. The predicted octanol–water partition coefficient (Wildman–Crippen LogP) is 1.62. The lowest BCUT2D eigenvalue weighted by molar-refractivity contribution is 0.138. The molecule has 1 aromatic carbocycles. The molecular formula is C16H18N2O4. The van der Waals surface area contributed by atoms with E-state index in [4.69, 9.17) is 14.2 Å². The first-order chi connectivity index (χ1) is 10.7. The summed E-state index contributed by atoms with van der Waals surface area (Å²) in [5.41, 5.74) is 1.46. The van der Waals surface area contributed by atoms with Gasteiger partial charge in [-0.25, -0.2) is 4.68 Å². The normalized spacial score (nSPS) is 17.5. The zero-order valence-corrected chi connectivity index (χ0v) is 12.6. The summed E-state index contributed by atoms with van der Waals surface area (Å²) in [7, 11) is 3.22. The monoisotopic (exact) mass is 302 g/mol. The second kappa shape index (κ2) is 6.19. The maximum atomic E-state index is 11.7. The summed E-state index contributed by atoms with van der Waals surface area (Å²) in [6.07, 6.45) is 2.55. The van der Waals surface area contributed by atoms with E-state index in [0.717, 1.165) is 17.5 Å². The van der Waals surface area contributed by atoms with Crippen LogP contribution < -0.4 is 15.0 Å². The van der Waals surface area contributed by atoms with Gasteiger partial charge in [0.1, 0.15) is 6.10 Å². The van der Waals surface area contributed by atoms with Gasteiger partial charge in [-0.15, -0.1) is 0 Å². The Labute approximate surface area is 128 Å². The molecule has 3 rings (SSSR count). The molecule has 22 heavy (non-hydrogen) atoms. The first-order valence-corrected chi connectivity index (χ1v) is 7.13. The number of ether oxygens (including phenoxy) is 3. The Morgan fingerprint density at radius 1 is 1.27 bits per heavy atom. The maximum absolute atomic E-state index is 11.7. The van der Waals surface area contributed by atoms with Crippen molar-refractivity contribution in [3.63, 3.8) is 0 Å². The molecule has 1 saturated heterocycles. The van der Waals surface area contributed by atoms with Crippen molar-refractivity contribution in [2.45, 2.75) is 12.5 Å². The molecule has 1 aliphatic heterocycles. The smallest absolute Gasteiger partial charge is 0.267 e. The minimum absolute atomic E-state index is 0.0333. The third-order valence-corrected chi connectivity index (χ3v) is 3.65. The zero-order chi connectivity index (χ0) is 15.5. The van der Waals surface area contributed by atoms with E-state index in [9.17, 15) is 4.79 Å². The lowest BCUT2D eigenvalue weighted by Gasteiger charge is -2.16. The van der Waals surface area contributed by atoms with Gasteiger partial charge in [0.15, 0.2) is 11.5 Å². The number of aromatic nitrogens is 2. The molecule has 0 spiro atoms. The van der Waals surface area contributed by atoms with Gasteiger partial charge in [-0.3, -0.25) is 4.79 Å². The Morgan fingerprint density at radius 3 is 2.82 bits per heavy atom. The largest absolute Gasteiger partial charge is 0.493 e. The van der Waals surface area contributed by atoms with Crippen LogP contribution in [0.2, 0.25) is 0 Å². The molecule has 0 N–H and O–H groups in total. The standard InChI is InChI=1S/C16H18N2O4/c1-18-16(19)8-12(9-17-18)11-3-4-14(20-2)15(7-11)22-13-5-6-21-10-13/h3-4,7-9,13H,5-6,10H2,1-2H3/t13-/m1/s1. The van der Waals surface area contributed by atoms with E-state index in [1.807, 2.05) is 18.2 Å². The molecule has 0 unspecified atom stereocenters. The van der Waals surface area contributed by atoms with Crippen molar-refractivity contribution in [2.24, 2.45) is 7.05 Å². The van der Waals surface area contributed by atoms with Gasteiger partial charge in [-0.1, -0.05) is 6.07 Å². The van der Waals surface area contributed by atoms with Crippen LogP contribution in [0.3, 0.4) is 0 Å². The minimum atomic E-state index is -0.153. The van der Waals surface area contributed by atoms with E-state index < -0.39 is 0 Å². The van der Waals surface area contributed by atoms with Crippen molar-refractivity contribution in [1.82, 2.24) is 9.78 Å². The number of hydrogen-bond donors (Lipinski definition) is 0. The summed E-state index contributed by atoms with van der Waals surface area (Å²) in [5.74, 6) is 1.31. The van der Waals surface area contributed by atoms with E-state index in [2.05, 4.69) is 5.10 Å². The van der Waals surface area contributed by atoms with E-state index >= 15 is 0 Å². The van der Waals surface area contributed by atoms with Crippen molar-refractivity contribution in [3.05, 3.63) is 40.8 Å². The molecule has 6 heteroatoms. The summed E-state index contributed by atoms with van der Waals surface area (Å²) in [6.45, 7) is 1.30. The molecule has 0 amide bonds. The van der Waals surface area contributed by atoms with Crippen molar-refractivity contribution >= 4 is 0 Å². The molecule has 0 saturated carbocycles.